The Bertz CT molecular complexity index is 413. The molecule has 0 aliphatic rings. The molecule has 2 unspecified atom stereocenters. The van der Waals surface area contributed by atoms with Gasteiger partial charge < -0.3 is 14.9 Å². The van der Waals surface area contributed by atoms with Crippen LogP contribution in [0.15, 0.2) is 12.1 Å². The van der Waals surface area contributed by atoms with Gasteiger partial charge in [0.05, 0.1) is 7.11 Å². The molecule has 0 heterocycles. The topological polar surface area (TPSA) is 66.8 Å². The third kappa shape index (κ3) is 2.75. The van der Waals surface area contributed by atoms with Crippen molar-refractivity contribution in [2.45, 2.75) is 12.2 Å². The van der Waals surface area contributed by atoms with E-state index in [1.54, 1.807) is 0 Å². The van der Waals surface area contributed by atoms with E-state index in [0.717, 1.165) is 7.11 Å². The van der Waals surface area contributed by atoms with Gasteiger partial charge in [0.2, 0.25) is 0 Å². The van der Waals surface area contributed by atoms with E-state index < -0.39 is 41.2 Å². The molecule has 1 aromatic rings. The SMILES string of the molecule is COC(=O)C(O)C(O)c1cc(F)c(F)c(F)c1. The van der Waals surface area contributed by atoms with Crippen molar-refractivity contribution in [1.29, 1.82) is 0 Å². The second kappa shape index (κ2) is 5.15. The van der Waals surface area contributed by atoms with Crippen LogP contribution in [0.2, 0.25) is 0 Å². The number of methoxy groups -OCH3 is 1. The summed E-state index contributed by atoms with van der Waals surface area (Å²) in [5, 5.41) is 18.7. The van der Waals surface area contributed by atoms with Gasteiger partial charge in [-0.25, -0.2) is 18.0 Å². The Morgan fingerprint density at radius 1 is 1.24 bits per heavy atom. The minimum absolute atomic E-state index is 0.473. The van der Waals surface area contributed by atoms with Gasteiger partial charge in [-0.05, 0) is 17.7 Å². The lowest BCUT2D eigenvalue weighted by Gasteiger charge is -2.16. The molecule has 2 atom stereocenters. The second-order valence-electron chi connectivity index (χ2n) is 3.21. The number of rotatable bonds is 3. The highest BCUT2D eigenvalue weighted by atomic mass is 19.2. The molecule has 0 saturated heterocycles. The number of hydrogen-bond acceptors (Lipinski definition) is 4. The molecule has 0 saturated carbocycles. The number of halogens is 3. The zero-order chi connectivity index (χ0) is 13.2. The normalized spacial score (nSPS) is 14.2. The molecule has 0 spiro atoms. The minimum atomic E-state index is -2.01. The molecule has 0 bridgehead atoms. The Labute approximate surface area is 94.3 Å². The number of aliphatic hydroxyl groups excluding tert-OH is 2. The summed E-state index contributed by atoms with van der Waals surface area (Å²) >= 11 is 0. The molecule has 0 aliphatic heterocycles. The molecule has 1 aromatic carbocycles. The lowest BCUT2D eigenvalue weighted by Crippen LogP contribution is -2.29. The number of hydrogen-bond donors (Lipinski definition) is 2. The monoisotopic (exact) mass is 250 g/mol. The van der Waals surface area contributed by atoms with Crippen LogP contribution in [0.5, 0.6) is 0 Å². The highest BCUT2D eigenvalue weighted by molar-refractivity contribution is 5.75. The lowest BCUT2D eigenvalue weighted by molar-refractivity contribution is -0.156. The van der Waals surface area contributed by atoms with Crippen molar-refractivity contribution in [3.05, 3.63) is 35.1 Å². The Morgan fingerprint density at radius 2 is 1.71 bits per heavy atom. The first kappa shape index (κ1) is 13.5. The summed E-state index contributed by atoms with van der Waals surface area (Å²) in [6.45, 7) is 0. The smallest absolute Gasteiger partial charge is 0.337 e. The fourth-order valence-corrected chi connectivity index (χ4v) is 1.18. The van der Waals surface area contributed by atoms with Crippen molar-refractivity contribution in [3.63, 3.8) is 0 Å². The van der Waals surface area contributed by atoms with Crippen LogP contribution in [0.4, 0.5) is 13.2 Å². The van der Waals surface area contributed by atoms with Crippen LogP contribution >= 0.6 is 0 Å². The Morgan fingerprint density at radius 3 is 2.12 bits per heavy atom. The van der Waals surface area contributed by atoms with Crippen molar-refractivity contribution < 1.29 is 32.9 Å². The molecule has 2 N–H and O–H groups in total. The molecular formula is C10H9F3O4. The summed E-state index contributed by atoms with van der Waals surface area (Å²) in [7, 11) is 0.962. The van der Waals surface area contributed by atoms with Crippen LogP contribution in [0.3, 0.4) is 0 Å². The van der Waals surface area contributed by atoms with Crippen molar-refractivity contribution in [1.82, 2.24) is 0 Å². The van der Waals surface area contributed by atoms with Crippen molar-refractivity contribution in [2.24, 2.45) is 0 Å². The molecule has 1 rings (SSSR count). The zero-order valence-corrected chi connectivity index (χ0v) is 8.65. The van der Waals surface area contributed by atoms with Crippen LogP contribution in [0.1, 0.15) is 11.7 Å². The number of ether oxygens (including phenoxy) is 1. The average molecular weight is 250 g/mol. The molecule has 0 aliphatic carbocycles. The van der Waals surface area contributed by atoms with Gasteiger partial charge in [0, 0.05) is 0 Å². The highest BCUT2D eigenvalue weighted by Gasteiger charge is 2.28. The fraction of sp³-hybridized carbons (Fsp3) is 0.300. The van der Waals surface area contributed by atoms with E-state index in [4.69, 9.17) is 0 Å². The van der Waals surface area contributed by atoms with Gasteiger partial charge in [0.1, 0.15) is 6.10 Å². The molecule has 7 heteroatoms. The second-order valence-corrected chi connectivity index (χ2v) is 3.21. The van der Waals surface area contributed by atoms with Gasteiger partial charge in [0.25, 0.3) is 0 Å². The molecular weight excluding hydrogens is 241 g/mol. The van der Waals surface area contributed by atoms with E-state index in [1.165, 1.54) is 0 Å². The van der Waals surface area contributed by atoms with Gasteiger partial charge in [0.15, 0.2) is 23.6 Å². The first-order valence-electron chi connectivity index (χ1n) is 4.47. The number of carbonyl (C=O) groups is 1. The molecule has 94 valence electrons. The van der Waals surface area contributed by atoms with Crippen LogP contribution < -0.4 is 0 Å². The van der Waals surface area contributed by atoms with Crippen LogP contribution in [0, 0.1) is 17.5 Å². The van der Waals surface area contributed by atoms with Gasteiger partial charge in [-0.15, -0.1) is 0 Å². The third-order valence-corrected chi connectivity index (χ3v) is 2.09. The Balaban J connectivity index is 3.04. The maximum Gasteiger partial charge on any atom is 0.337 e. The third-order valence-electron chi connectivity index (χ3n) is 2.09. The van der Waals surface area contributed by atoms with E-state index in [9.17, 15) is 28.2 Å². The molecule has 17 heavy (non-hydrogen) atoms. The quantitative estimate of drug-likeness (QED) is 0.611. The molecule has 4 nitrogen and oxygen atoms in total. The van der Waals surface area contributed by atoms with E-state index in [-0.39, 0.29) is 0 Å². The summed E-state index contributed by atoms with van der Waals surface area (Å²) in [6, 6.07) is 0.963. The molecule has 0 aromatic heterocycles. The summed E-state index contributed by atoms with van der Waals surface area (Å²) in [6.07, 6.45) is -3.92. The molecule has 0 radical (unpaired) electrons. The van der Waals surface area contributed by atoms with Crippen LogP contribution in [-0.4, -0.2) is 29.4 Å². The highest BCUT2D eigenvalue weighted by Crippen LogP contribution is 2.22. The van der Waals surface area contributed by atoms with Crippen molar-refractivity contribution in [3.8, 4) is 0 Å². The van der Waals surface area contributed by atoms with Crippen molar-refractivity contribution in [2.75, 3.05) is 7.11 Å². The number of benzene rings is 1. The summed E-state index contributed by atoms with van der Waals surface area (Å²) in [5.41, 5.74) is -0.473. The largest absolute Gasteiger partial charge is 0.467 e. The predicted molar refractivity (Wildman–Crippen MR) is 49.3 cm³/mol. The van der Waals surface area contributed by atoms with Crippen LogP contribution in [-0.2, 0) is 9.53 Å². The zero-order valence-electron chi connectivity index (χ0n) is 8.65. The minimum Gasteiger partial charge on any atom is -0.467 e. The first-order chi connectivity index (χ1) is 7.88. The summed E-state index contributed by atoms with van der Waals surface area (Å²) in [5.74, 6) is -5.94. The maximum absolute atomic E-state index is 12.8. The number of aliphatic hydroxyl groups is 2. The molecule has 0 fully saturated rings. The maximum atomic E-state index is 12.8. The fourth-order valence-electron chi connectivity index (χ4n) is 1.18. The predicted octanol–water partition coefficient (Wildman–Crippen LogP) is 0.671. The summed E-state index contributed by atoms with van der Waals surface area (Å²) < 4.78 is 42.4. The van der Waals surface area contributed by atoms with Gasteiger partial charge >= 0.3 is 5.97 Å². The summed E-state index contributed by atoms with van der Waals surface area (Å²) in [4.78, 5) is 10.9. The van der Waals surface area contributed by atoms with Gasteiger partial charge in [-0.1, -0.05) is 0 Å². The molecule has 0 amide bonds. The van der Waals surface area contributed by atoms with Gasteiger partial charge in [-0.2, -0.15) is 0 Å². The first-order valence-corrected chi connectivity index (χ1v) is 4.47. The Kier molecular flexibility index (Phi) is 4.08. The van der Waals surface area contributed by atoms with E-state index in [1.807, 2.05) is 0 Å². The Hall–Kier alpha value is -1.60. The van der Waals surface area contributed by atoms with Crippen molar-refractivity contribution >= 4 is 5.97 Å². The van der Waals surface area contributed by atoms with E-state index >= 15 is 0 Å². The average Bonchev–Trinajstić information content (AvgIpc) is 2.32. The van der Waals surface area contributed by atoms with Crippen LogP contribution in [0.25, 0.3) is 0 Å². The van der Waals surface area contributed by atoms with Gasteiger partial charge in [-0.3, -0.25) is 0 Å². The number of carbonyl (C=O) groups excluding carboxylic acids is 1. The van der Waals surface area contributed by atoms with E-state index in [2.05, 4.69) is 4.74 Å². The number of esters is 1. The lowest BCUT2D eigenvalue weighted by atomic mass is 10.0. The standard InChI is InChI=1S/C10H9F3O4/c1-17-10(16)9(15)8(14)4-2-5(11)7(13)6(12)3-4/h2-3,8-9,14-15H,1H3. The van der Waals surface area contributed by atoms with E-state index in [0.29, 0.717) is 12.1 Å².